The quantitative estimate of drug-likeness (QED) is 0.723. The van der Waals surface area contributed by atoms with Crippen molar-refractivity contribution in [1.82, 2.24) is 19.8 Å². The molecular weight excluding hydrogens is 451 g/mol. The summed E-state index contributed by atoms with van der Waals surface area (Å²) in [6, 6.07) is 6.97. The van der Waals surface area contributed by atoms with Gasteiger partial charge < -0.3 is 29.7 Å². The van der Waals surface area contributed by atoms with Crippen molar-refractivity contribution in [3.8, 4) is 5.75 Å². The minimum atomic E-state index is -4.84. The molecule has 2 aliphatic rings. The number of amides is 2. The lowest BCUT2D eigenvalue weighted by Gasteiger charge is -2.36. The molecule has 2 amide bonds. The molecule has 1 N–H and O–H groups in total. The Morgan fingerprint density at radius 1 is 0.971 bits per heavy atom. The average molecular weight is 480 g/mol. The zero-order chi connectivity index (χ0) is 24.3. The smallest absolute Gasteiger partial charge is 0.404 e. The summed E-state index contributed by atoms with van der Waals surface area (Å²) >= 11 is 0. The van der Waals surface area contributed by atoms with Gasteiger partial charge in [0, 0.05) is 64.1 Å². The van der Waals surface area contributed by atoms with Crippen molar-refractivity contribution < 1.29 is 22.7 Å². The molecule has 9 nitrogen and oxygen atoms in total. The predicted molar refractivity (Wildman–Crippen MR) is 122 cm³/mol. The van der Waals surface area contributed by atoms with E-state index in [1.165, 1.54) is 18.2 Å². The number of piperazine rings is 2. The average Bonchev–Trinajstić information content (AvgIpc) is 2.79. The molecule has 0 spiro atoms. The van der Waals surface area contributed by atoms with Crippen LogP contribution in [0.4, 0.5) is 35.4 Å². The van der Waals surface area contributed by atoms with Gasteiger partial charge in [-0.1, -0.05) is 12.1 Å². The molecule has 184 valence electrons. The summed E-state index contributed by atoms with van der Waals surface area (Å²) in [7, 11) is 2.10. The number of hydrogen-bond acceptors (Lipinski definition) is 7. The molecule has 0 unspecified atom stereocenters. The molecule has 0 atom stereocenters. The van der Waals surface area contributed by atoms with Crippen molar-refractivity contribution in [2.24, 2.45) is 0 Å². The van der Waals surface area contributed by atoms with E-state index in [9.17, 15) is 18.0 Å². The van der Waals surface area contributed by atoms with Crippen LogP contribution in [-0.2, 0) is 0 Å². The molecular formula is C22H28F3N7O2. The Hall–Kier alpha value is -3.28. The van der Waals surface area contributed by atoms with Crippen LogP contribution >= 0.6 is 0 Å². The number of carbonyl (C=O) groups is 1. The second-order valence-electron chi connectivity index (χ2n) is 8.41. The van der Waals surface area contributed by atoms with Crippen molar-refractivity contribution in [3.05, 3.63) is 36.0 Å². The first-order valence-corrected chi connectivity index (χ1v) is 11.1. The number of benzene rings is 1. The summed E-state index contributed by atoms with van der Waals surface area (Å²) in [4.78, 5) is 30.2. The normalized spacial score (nSPS) is 17.6. The van der Waals surface area contributed by atoms with Crippen molar-refractivity contribution >= 4 is 23.5 Å². The summed E-state index contributed by atoms with van der Waals surface area (Å²) < 4.78 is 41.9. The zero-order valence-electron chi connectivity index (χ0n) is 19.2. The highest BCUT2D eigenvalue weighted by Crippen LogP contribution is 2.30. The van der Waals surface area contributed by atoms with Crippen LogP contribution in [0.25, 0.3) is 0 Å². The maximum Gasteiger partial charge on any atom is 0.573 e. The van der Waals surface area contributed by atoms with E-state index in [0.29, 0.717) is 32.1 Å². The molecule has 2 saturated heterocycles. The van der Waals surface area contributed by atoms with E-state index in [-0.39, 0.29) is 5.69 Å². The summed E-state index contributed by atoms with van der Waals surface area (Å²) in [5.41, 5.74) is 0.839. The first-order valence-electron chi connectivity index (χ1n) is 11.1. The lowest BCUT2D eigenvalue weighted by molar-refractivity contribution is -0.274. The van der Waals surface area contributed by atoms with Crippen molar-refractivity contribution in [2.45, 2.75) is 13.3 Å². The molecule has 4 rings (SSSR count). The van der Waals surface area contributed by atoms with Crippen LogP contribution in [0.5, 0.6) is 5.75 Å². The van der Waals surface area contributed by atoms with Gasteiger partial charge in [0.1, 0.15) is 5.82 Å². The van der Waals surface area contributed by atoms with E-state index in [1.54, 1.807) is 4.90 Å². The Morgan fingerprint density at radius 3 is 2.29 bits per heavy atom. The Bertz CT molecular complexity index is 1000. The molecule has 34 heavy (non-hydrogen) atoms. The summed E-state index contributed by atoms with van der Waals surface area (Å²) in [6.45, 7) is 7.49. The van der Waals surface area contributed by atoms with Crippen LogP contribution in [0.2, 0.25) is 0 Å². The van der Waals surface area contributed by atoms with Gasteiger partial charge in [0.25, 0.3) is 0 Å². The fourth-order valence-electron chi connectivity index (χ4n) is 3.96. The second-order valence-corrected chi connectivity index (χ2v) is 8.41. The number of aryl methyl sites for hydroxylation is 1. The molecule has 1 aromatic heterocycles. The Morgan fingerprint density at radius 2 is 1.62 bits per heavy atom. The number of halogens is 3. The number of likely N-dealkylation sites (N-methyl/N-ethyl adjacent to an activating group) is 1. The van der Waals surface area contributed by atoms with Crippen LogP contribution in [-0.4, -0.2) is 91.6 Å². The molecule has 2 fully saturated rings. The number of anilines is 3. The third-order valence-electron chi connectivity index (χ3n) is 5.86. The largest absolute Gasteiger partial charge is 0.573 e. The zero-order valence-corrected chi connectivity index (χ0v) is 19.2. The number of rotatable bonds is 4. The molecule has 0 radical (unpaired) electrons. The van der Waals surface area contributed by atoms with Gasteiger partial charge >= 0.3 is 12.4 Å². The van der Waals surface area contributed by atoms with Crippen molar-refractivity contribution in [2.75, 3.05) is 74.5 Å². The highest BCUT2D eigenvalue weighted by atomic mass is 19.4. The highest BCUT2D eigenvalue weighted by Gasteiger charge is 2.32. The first kappa shape index (κ1) is 23.9. The predicted octanol–water partition coefficient (Wildman–Crippen LogP) is 2.79. The second kappa shape index (κ2) is 9.92. The topological polar surface area (TPSA) is 77.1 Å². The van der Waals surface area contributed by atoms with E-state index in [4.69, 9.17) is 4.98 Å². The first-order chi connectivity index (χ1) is 16.2. The third kappa shape index (κ3) is 5.99. The van der Waals surface area contributed by atoms with E-state index in [1.807, 2.05) is 17.9 Å². The summed E-state index contributed by atoms with van der Waals surface area (Å²) in [6.07, 6.45) is -4.84. The number of nitrogens with one attached hydrogen (secondary N) is 1. The monoisotopic (exact) mass is 479 g/mol. The van der Waals surface area contributed by atoms with Crippen LogP contribution in [0.1, 0.15) is 5.69 Å². The number of alkyl halides is 3. The minimum absolute atomic E-state index is 0.0360. The van der Waals surface area contributed by atoms with Gasteiger partial charge in [-0.25, -0.2) is 9.78 Å². The van der Waals surface area contributed by atoms with Gasteiger partial charge in [-0.05, 0) is 26.1 Å². The van der Waals surface area contributed by atoms with Gasteiger partial charge in [-0.15, -0.1) is 13.2 Å². The van der Waals surface area contributed by atoms with Gasteiger partial charge in [0.05, 0.1) is 5.69 Å². The van der Waals surface area contributed by atoms with Crippen molar-refractivity contribution in [1.29, 1.82) is 0 Å². The Balaban J connectivity index is 1.37. The van der Waals surface area contributed by atoms with E-state index >= 15 is 0 Å². The van der Waals surface area contributed by atoms with Crippen LogP contribution in [0.3, 0.4) is 0 Å². The van der Waals surface area contributed by atoms with E-state index in [2.05, 4.69) is 31.9 Å². The highest BCUT2D eigenvalue weighted by molar-refractivity contribution is 5.91. The number of urea groups is 1. The number of aromatic nitrogens is 2. The number of nitrogens with zero attached hydrogens (tertiary/aromatic N) is 6. The van der Waals surface area contributed by atoms with Gasteiger partial charge in [0.2, 0.25) is 5.95 Å². The van der Waals surface area contributed by atoms with Crippen LogP contribution in [0.15, 0.2) is 30.3 Å². The lowest BCUT2D eigenvalue weighted by Crippen LogP contribution is -2.50. The SMILES string of the molecule is Cc1cc(N2CCN(C)CC2)nc(N2CCN(C(=O)Nc3ccccc3OC(F)(F)F)CC2)n1. The fraction of sp³-hybridized carbons (Fsp3) is 0.500. The Labute approximate surface area is 196 Å². The number of carbonyl (C=O) groups excluding carboxylic acids is 1. The summed E-state index contributed by atoms with van der Waals surface area (Å²) in [5, 5.41) is 2.52. The fourth-order valence-corrected chi connectivity index (χ4v) is 3.96. The molecule has 3 heterocycles. The molecule has 0 saturated carbocycles. The van der Waals surface area contributed by atoms with Crippen molar-refractivity contribution in [3.63, 3.8) is 0 Å². The molecule has 2 aliphatic heterocycles. The molecule has 1 aromatic carbocycles. The number of ether oxygens (including phenoxy) is 1. The van der Waals surface area contributed by atoms with Crippen LogP contribution in [0, 0.1) is 6.92 Å². The minimum Gasteiger partial charge on any atom is -0.404 e. The standard InChI is InChI=1S/C22H28F3N7O2/c1-16-15-19(30-9-7-29(2)8-10-30)28-20(26-16)31-11-13-32(14-12-31)21(33)27-17-5-3-4-6-18(17)34-22(23,24)25/h3-6,15H,7-14H2,1-2H3,(H,27,33). The summed E-state index contributed by atoms with van der Waals surface area (Å²) in [5.74, 6) is 1.07. The lowest BCUT2D eigenvalue weighted by atomic mass is 10.3. The van der Waals surface area contributed by atoms with E-state index < -0.39 is 18.1 Å². The molecule has 2 aromatic rings. The van der Waals surface area contributed by atoms with Crippen LogP contribution < -0.4 is 19.9 Å². The number of hydrogen-bond donors (Lipinski definition) is 1. The maximum absolute atomic E-state index is 12.7. The number of para-hydroxylation sites is 2. The van der Waals surface area contributed by atoms with Gasteiger partial charge in [0.15, 0.2) is 5.75 Å². The van der Waals surface area contributed by atoms with E-state index in [0.717, 1.165) is 43.8 Å². The molecule has 0 aliphatic carbocycles. The Kier molecular flexibility index (Phi) is 6.96. The molecule has 0 bridgehead atoms. The van der Waals surface area contributed by atoms with Gasteiger partial charge in [-0.3, -0.25) is 0 Å². The maximum atomic E-state index is 12.7. The van der Waals surface area contributed by atoms with Gasteiger partial charge in [-0.2, -0.15) is 4.98 Å². The third-order valence-corrected chi connectivity index (χ3v) is 5.86. The molecule has 12 heteroatoms.